The Bertz CT molecular complexity index is 1690. The molecule has 0 spiro atoms. The van der Waals surface area contributed by atoms with Crippen LogP contribution < -0.4 is 20.9 Å². The normalized spacial score (nSPS) is 13.0. The summed E-state index contributed by atoms with van der Waals surface area (Å²) in [5.74, 6) is 2.20. The van der Waals surface area contributed by atoms with Crippen molar-refractivity contribution in [3.63, 3.8) is 0 Å². The number of ether oxygens (including phenoxy) is 1. The van der Waals surface area contributed by atoms with Gasteiger partial charge in [0.05, 0.1) is 0 Å². The molecule has 38 heavy (non-hydrogen) atoms. The standard InChI is InChI=1S/C30H29N5O3/c1-32-27-26(28(36)35(30(32)37)19-8-12-22-10-4-2-5-11-22)34-21-9-20-33(29(34)31-27)23-15-17-25(18-16-23)38-24-13-6-3-7-14-24/h2-7,10-11,13-18H,8-9,12,19-21H2,1H3. The van der Waals surface area contributed by atoms with Crippen LogP contribution in [0.2, 0.25) is 0 Å². The smallest absolute Gasteiger partial charge is 0.332 e. The van der Waals surface area contributed by atoms with Gasteiger partial charge >= 0.3 is 5.69 Å². The van der Waals surface area contributed by atoms with Crippen LogP contribution in [-0.2, 0) is 26.6 Å². The van der Waals surface area contributed by atoms with Gasteiger partial charge in [-0.05, 0) is 61.2 Å². The number of hydrogen-bond donors (Lipinski definition) is 0. The molecule has 8 heteroatoms. The highest BCUT2D eigenvalue weighted by Gasteiger charge is 2.27. The zero-order valence-electron chi connectivity index (χ0n) is 21.3. The zero-order chi connectivity index (χ0) is 26.1. The van der Waals surface area contributed by atoms with Gasteiger partial charge in [0.2, 0.25) is 5.95 Å². The van der Waals surface area contributed by atoms with Crippen LogP contribution in [0.3, 0.4) is 0 Å². The van der Waals surface area contributed by atoms with E-state index in [1.54, 1.807) is 7.05 Å². The Hall–Kier alpha value is -4.59. The Morgan fingerprint density at radius 3 is 2.26 bits per heavy atom. The predicted octanol–water partition coefficient (Wildman–Crippen LogP) is 4.86. The molecule has 3 aromatic carbocycles. The fourth-order valence-electron chi connectivity index (χ4n) is 5.11. The lowest BCUT2D eigenvalue weighted by molar-refractivity contribution is 0.482. The highest BCUT2D eigenvalue weighted by atomic mass is 16.5. The first kappa shape index (κ1) is 23.8. The van der Waals surface area contributed by atoms with Gasteiger partial charge in [-0.2, -0.15) is 4.98 Å². The topological polar surface area (TPSA) is 74.3 Å². The maximum absolute atomic E-state index is 13.6. The average molecular weight is 508 g/mol. The van der Waals surface area contributed by atoms with Crippen molar-refractivity contribution in [3.05, 3.63) is 111 Å². The lowest BCUT2D eigenvalue weighted by Gasteiger charge is -2.29. The summed E-state index contributed by atoms with van der Waals surface area (Å²) in [4.78, 5) is 33.6. The highest BCUT2D eigenvalue weighted by Crippen LogP contribution is 2.32. The number of rotatable bonds is 7. The van der Waals surface area contributed by atoms with Crippen LogP contribution >= 0.6 is 0 Å². The molecule has 6 rings (SSSR count). The second-order valence-corrected chi connectivity index (χ2v) is 9.54. The van der Waals surface area contributed by atoms with E-state index in [-0.39, 0.29) is 11.2 Å². The lowest BCUT2D eigenvalue weighted by atomic mass is 10.1. The lowest BCUT2D eigenvalue weighted by Crippen LogP contribution is -2.40. The van der Waals surface area contributed by atoms with Crippen molar-refractivity contribution in [2.75, 3.05) is 11.4 Å². The number of anilines is 2. The molecule has 2 aromatic heterocycles. The van der Waals surface area contributed by atoms with E-state index in [0.29, 0.717) is 36.6 Å². The van der Waals surface area contributed by atoms with Crippen LogP contribution in [0.15, 0.2) is 94.5 Å². The average Bonchev–Trinajstić information content (AvgIpc) is 3.36. The predicted molar refractivity (Wildman–Crippen MR) is 149 cm³/mol. The molecular formula is C30H29N5O3. The van der Waals surface area contributed by atoms with Crippen LogP contribution in [0.25, 0.3) is 11.2 Å². The van der Waals surface area contributed by atoms with E-state index in [9.17, 15) is 9.59 Å². The molecule has 0 unspecified atom stereocenters. The largest absolute Gasteiger partial charge is 0.457 e. The third-order valence-electron chi connectivity index (χ3n) is 7.03. The Labute approximate surface area is 220 Å². The SMILES string of the molecule is Cn1c(=O)n(CCCc2ccccc2)c(=O)c2c1nc1n2CCCN1c1ccc(Oc2ccccc2)cc1. The molecule has 0 bridgehead atoms. The van der Waals surface area contributed by atoms with E-state index in [4.69, 9.17) is 9.72 Å². The zero-order valence-corrected chi connectivity index (χ0v) is 21.3. The summed E-state index contributed by atoms with van der Waals surface area (Å²) in [6.07, 6.45) is 2.36. The fraction of sp³-hybridized carbons (Fsp3) is 0.233. The van der Waals surface area contributed by atoms with Crippen LogP contribution in [0, 0.1) is 0 Å². The highest BCUT2D eigenvalue weighted by molar-refractivity contribution is 5.77. The monoisotopic (exact) mass is 507 g/mol. The first-order valence-corrected chi connectivity index (χ1v) is 12.9. The third-order valence-corrected chi connectivity index (χ3v) is 7.03. The molecular weight excluding hydrogens is 478 g/mol. The van der Waals surface area contributed by atoms with Gasteiger partial charge in [-0.25, -0.2) is 4.79 Å². The Morgan fingerprint density at radius 1 is 0.842 bits per heavy atom. The molecule has 0 fully saturated rings. The van der Waals surface area contributed by atoms with Crippen molar-refractivity contribution in [2.24, 2.45) is 7.05 Å². The van der Waals surface area contributed by atoms with Crippen LogP contribution in [0.1, 0.15) is 18.4 Å². The number of para-hydroxylation sites is 1. The van der Waals surface area contributed by atoms with Gasteiger partial charge in [-0.1, -0.05) is 48.5 Å². The van der Waals surface area contributed by atoms with E-state index in [2.05, 4.69) is 17.0 Å². The van der Waals surface area contributed by atoms with E-state index in [1.165, 1.54) is 14.7 Å². The van der Waals surface area contributed by atoms with E-state index < -0.39 is 0 Å². The van der Waals surface area contributed by atoms with Crippen molar-refractivity contribution in [1.29, 1.82) is 0 Å². The molecule has 1 aliphatic rings. The number of fused-ring (bicyclic) bond motifs is 3. The number of nitrogens with zero attached hydrogens (tertiary/aromatic N) is 5. The van der Waals surface area contributed by atoms with Crippen molar-refractivity contribution < 1.29 is 4.74 Å². The van der Waals surface area contributed by atoms with Gasteiger partial charge in [0.15, 0.2) is 11.2 Å². The second-order valence-electron chi connectivity index (χ2n) is 9.54. The molecule has 0 radical (unpaired) electrons. The summed E-state index contributed by atoms with van der Waals surface area (Å²) in [6, 6.07) is 27.6. The molecule has 0 saturated carbocycles. The van der Waals surface area contributed by atoms with Crippen molar-refractivity contribution in [3.8, 4) is 11.5 Å². The molecule has 0 atom stereocenters. The van der Waals surface area contributed by atoms with Crippen molar-refractivity contribution in [1.82, 2.24) is 18.7 Å². The maximum atomic E-state index is 13.6. The molecule has 8 nitrogen and oxygen atoms in total. The van der Waals surface area contributed by atoms with Gasteiger partial charge in [0, 0.05) is 32.4 Å². The Kier molecular flexibility index (Phi) is 6.29. The first-order chi connectivity index (χ1) is 18.6. The van der Waals surface area contributed by atoms with Crippen molar-refractivity contribution >= 4 is 22.8 Å². The van der Waals surface area contributed by atoms with Gasteiger partial charge in [0.1, 0.15) is 11.5 Å². The molecule has 0 N–H and O–H groups in total. The summed E-state index contributed by atoms with van der Waals surface area (Å²) in [5, 5.41) is 0. The Morgan fingerprint density at radius 2 is 1.53 bits per heavy atom. The van der Waals surface area contributed by atoms with E-state index >= 15 is 0 Å². The number of benzene rings is 3. The third kappa shape index (κ3) is 4.38. The van der Waals surface area contributed by atoms with Gasteiger partial charge in [-0.15, -0.1) is 0 Å². The van der Waals surface area contributed by atoms with Crippen LogP contribution in [-0.4, -0.2) is 25.2 Å². The molecule has 5 aromatic rings. The molecule has 3 heterocycles. The summed E-state index contributed by atoms with van der Waals surface area (Å²) < 4.78 is 10.8. The number of aryl methyl sites for hydroxylation is 3. The van der Waals surface area contributed by atoms with Gasteiger partial charge in [-0.3, -0.25) is 13.9 Å². The molecule has 0 saturated heterocycles. The molecule has 0 amide bonds. The van der Waals surface area contributed by atoms with Crippen LogP contribution in [0.4, 0.5) is 11.6 Å². The fourth-order valence-corrected chi connectivity index (χ4v) is 5.11. The second kappa shape index (κ2) is 10.0. The summed E-state index contributed by atoms with van der Waals surface area (Å²) >= 11 is 0. The minimum absolute atomic E-state index is 0.275. The van der Waals surface area contributed by atoms with Gasteiger partial charge in [0.25, 0.3) is 5.56 Å². The number of hydrogen-bond acceptors (Lipinski definition) is 5. The summed E-state index contributed by atoms with van der Waals surface area (Å²) in [6.45, 7) is 1.81. The number of aromatic nitrogens is 4. The minimum Gasteiger partial charge on any atom is -0.457 e. The summed E-state index contributed by atoms with van der Waals surface area (Å²) in [5.41, 5.74) is 2.44. The molecule has 192 valence electrons. The molecule has 0 aliphatic carbocycles. The maximum Gasteiger partial charge on any atom is 0.332 e. The summed E-state index contributed by atoms with van der Waals surface area (Å²) in [7, 11) is 1.69. The minimum atomic E-state index is -0.333. The quantitative estimate of drug-likeness (QED) is 0.314. The van der Waals surface area contributed by atoms with Crippen LogP contribution in [0.5, 0.6) is 11.5 Å². The molecule has 1 aliphatic heterocycles. The first-order valence-electron chi connectivity index (χ1n) is 12.9. The van der Waals surface area contributed by atoms with Crippen molar-refractivity contribution in [2.45, 2.75) is 32.4 Å². The van der Waals surface area contributed by atoms with E-state index in [0.717, 1.165) is 36.6 Å². The Balaban J connectivity index is 1.31. The number of imidazole rings is 1. The van der Waals surface area contributed by atoms with E-state index in [1.807, 2.05) is 77.4 Å². The van der Waals surface area contributed by atoms with Gasteiger partial charge < -0.3 is 14.2 Å².